The highest BCUT2D eigenvalue weighted by Gasteiger charge is 2.23. The lowest BCUT2D eigenvalue weighted by molar-refractivity contribution is 0.168. The van der Waals surface area contributed by atoms with Crippen LogP contribution in [0.3, 0.4) is 0 Å². The molecule has 0 radical (unpaired) electrons. The molecule has 0 bridgehead atoms. The molecule has 6 nitrogen and oxygen atoms in total. The molecule has 0 unspecified atom stereocenters. The Morgan fingerprint density at radius 2 is 2.35 bits per heavy atom. The van der Waals surface area contributed by atoms with Gasteiger partial charge in [0.25, 0.3) is 0 Å². The topological polar surface area (TPSA) is 64.0 Å². The van der Waals surface area contributed by atoms with Gasteiger partial charge in [-0.2, -0.15) is 5.59 Å². The van der Waals surface area contributed by atoms with Crippen LogP contribution in [0.15, 0.2) is 23.4 Å². The van der Waals surface area contributed by atoms with E-state index in [0.29, 0.717) is 17.7 Å². The maximum absolute atomic E-state index is 8.64. The summed E-state index contributed by atoms with van der Waals surface area (Å²) in [7, 11) is 1.93. The van der Waals surface area contributed by atoms with Gasteiger partial charge in [-0.25, -0.2) is 4.98 Å². The lowest BCUT2D eigenvalue weighted by atomic mass is 10.3. The van der Waals surface area contributed by atoms with Crippen LogP contribution in [0, 0.1) is 0 Å². The highest BCUT2D eigenvalue weighted by Crippen LogP contribution is 2.12. The molecule has 0 spiro atoms. The first-order chi connectivity index (χ1) is 8.20. The van der Waals surface area contributed by atoms with Crippen molar-refractivity contribution < 1.29 is 5.21 Å². The molecule has 1 aromatic heterocycles. The first-order valence-electron chi connectivity index (χ1n) is 5.24. The number of hydrazone groups is 1. The fourth-order valence-corrected chi connectivity index (χ4v) is 1.89. The number of halogens is 1. The molecule has 0 amide bonds. The largest absolute Gasteiger partial charge is 0.343 e. The summed E-state index contributed by atoms with van der Waals surface area (Å²) >= 11 is 5.73. The summed E-state index contributed by atoms with van der Waals surface area (Å²) in [6.07, 6.45) is 1.74. The van der Waals surface area contributed by atoms with Gasteiger partial charge in [0.15, 0.2) is 0 Å². The number of pyridine rings is 1. The summed E-state index contributed by atoms with van der Waals surface area (Å²) in [6.45, 7) is 2.43. The lowest BCUT2D eigenvalue weighted by Gasteiger charge is -2.19. The van der Waals surface area contributed by atoms with Crippen molar-refractivity contribution in [2.75, 3.05) is 20.1 Å². The van der Waals surface area contributed by atoms with Crippen molar-refractivity contribution in [1.29, 1.82) is 0 Å². The number of guanidine groups is 1. The number of hydrogen-bond acceptors (Lipinski definition) is 4. The Labute approximate surface area is 104 Å². The van der Waals surface area contributed by atoms with E-state index in [-0.39, 0.29) is 0 Å². The van der Waals surface area contributed by atoms with Crippen molar-refractivity contribution >= 4 is 17.6 Å². The molecule has 2 N–H and O–H groups in total. The molecule has 0 aliphatic carbocycles. The zero-order valence-corrected chi connectivity index (χ0v) is 10.2. The number of nitrogens with zero attached hydrogens (tertiary/aromatic N) is 4. The van der Waals surface area contributed by atoms with Crippen LogP contribution in [-0.4, -0.2) is 46.1 Å². The van der Waals surface area contributed by atoms with Crippen LogP contribution in [-0.2, 0) is 6.54 Å². The fourth-order valence-electron chi connectivity index (χ4n) is 1.78. The van der Waals surface area contributed by atoms with Gasteiger partial charge in [0.1, 0.15) is 5.15 Å². The third-order valence-electron chi connectivity index (χ3n) is 2.64. The molecule has 0 aromatic carbocycles. The zero-order valence-electron chi connectivity index (χ0n) is 9.47. The maximum atomic E-state index is 8.64. The second kappa shape index (κ2) is 5.20. The van der Waals surface area contributed by atoms with Gasteiger partial charge in [-0.15, -0.1) is 5.10 Å². The molecular weight excluding hydrogens is 242 g/mol. The highest BCUT2D eigenvalue weighted by molar-refractivity contribution is 6.29. The van der Waals surface area contributed by atoms with E-state index in [2.05, 4.69) is 10.1 Å². The van der Waals surface area contributed by atoms with Crippen molar-refractivity contribution in [3.05, 3.63) is 29.0 Å². The molecule has 92 valence electrons. The Morgan fingerprint density at radius 1 is 1.53 bits per heavy atom. The van der Waals surface area contributed by atoms with Gasteiger partial charge in [-0.3, -0.25) is 5.21 Å². The predicted molar refractivity (Wildman–Crippen MR) is 64.6 cm³/mol. The second-order valence-corrected chi connectivity index (χ2v) is 4.23. The number of likely N-dealkylation sites (N-methyl/N-ethyl adjacent to an activating group) is 1. The lowest BCUT2D eigenvalue weighted by Crippen LogP contribution is -2.32. The van der Waals surface area contributed by atoms with Gasteiger partial charge in [0.2, 0.25) is 5.96 Å². The van der Waals surface area contributed by atoms with Crippen LogP contribution in [0.4, 0.5) is 0 Å². The molecule has 7 heteroatoms. The first kappa shape index (κ1) is 11.9. The minimum atomic E-state index is 0.484. The van der Waals surface area contributed by atoms with Crippen LogP contribution in [0.2, 0.25) is 5.15 Å². The summed E-state index contributed by atoms with van der Waals surface area (Å²) in [5, 5.41) is 13.0. The van der Waals surface area contributed by atoms with Crippen LogP contribution >= 0.6 is 11.6 Å². The van der Waals surface area contributed by atoms with E-state index in [0.717, 1.165) is 18.7 Å². The van der Waals surface area contributed by atoms with Crippen LogP contribution in [0.25, 0.3) is 0 Å². The number of rotatable bonds is 3. The Balaban J connectivity index is 2.08. The van der Waals surface area contributed by atoms with Crippen LogP contribution in [0.1, 0.15) is 5.56 Å². The highest BCUT2D eigenvalue weighted by atomic mass is 35.5. The van der Waals surface area contributed by atoms with E-state index in [1.807, 2.05) is 28.5 Å². The minimum absolute atomic E-state index is 0.484. The number of nitrogens with one attached hydrogen (secondary N) is 1. The average Bonchev–Trinajstić information content (AvgIpc) is 2.65. The van der Waals surface area contributed by atoms with E-state index < -0.39 is 0 Å². The van der Waals surface area contributed by atoms with E-state index in [4.69, 9.17) is 16.8 Å². The molecule has 1 aromatic rings. The Hall–Kier alpha value is -1.53. The van der Waals surface area contributed by atoms with Gasteiger partial charge >= 0.3 is 0 Å². The van der Waals surface area contributed by atoms with Gasteiger partial charge < -0.3 is 9.80 Å². The van der Waals surface area contributed by atoms with Crippen molar-refractivity contribution in [3.8, 4) is 0 Å². The van der Waals surface area contributed by atoms with Crippen LogP contribution in [0.5, 0.6) is 0 Å². The summed E-state index contributed by atoms with van der Waals surface area (Å²) in [5.74, 6) is 0.711. The molecule has 1 fully saturated rings. The molecule has 1 aliphatic rings. The standard InChI is InChI=1S/C10H14ClN5O/c1-15-4-5-16(10(15)13-14-17)7-8-2-3-9(11)12-6-8/h2-3,6,14,17H,4-5,7H2,1H3/b13-10+. The minimum Gasteiger partial charge on any atom is -0.343 e. The van der Waals surface area contributed by atoms with Gasteiger partial charge in [-0.1, -0.05) is 17.7 Å². The van der Waals surface area contributed by atoms with E-state index in [1.165, 1.54) is 0 Å². The van der Waals surface area contributed by atoms with E-state index in [1.54, 1.807) is 12.3 Å². The SMILES string of the molecule is CN1CCN(Cc2ccc(Cl)nc2)/C1=N/NO. The predicted octanol–water partition coefficient (Wildman–Crippen LogP) is 0.732. The van der Waals surface area contributed by atoms with Gasteiger partial charge in [0.05, 0.1) is 0 Å². The summed E-state index contributed by atoms with van der Waals surface area (Å²) in [5.41, 5.74) is 2.88. The Bertz CT molecular complexity index is 408. The molecule has 1 saturated heterocycles. The normalized spacial score (nSPS) is 17.9. The number of hydrogen-bond donors (Lipinski definition) is 2. The van der Waals surface area contributed by atoms with E-state index >= 15 is 0 Å². The summed E-state index contributed by atoms with van der Waals surface area (Å²) < 4.78 is 0. The van der Waals surface area contributed by atoms with E-state index in [9.17, 15) is 0 Å². The van der Waals surface area contributed by atoms with Crippen molar-refractivity contribution in [3.63, 3.8) is 0 Å². The van der Waals surface area contributed by atoms with Gasteiger partial charge in [-0.05, 0) is 11.6 Å². The van der Waals surface area contributed by atoms with Crippen LogP contribution < -0.4 is 5.59 Å². The van der Waals surface area contributed by atoms with Crippen molar-refractivity contribution in [1.82, 2.24) is 20.4 Å². The number of aromatic nitrogens is 1. The smallest absolute Gasteiger partial charge is 0.221 e. The molecule has 17 heavy (non-hydrogen) atoms. The quantitative estimate of drug-likeness (QED) is 0.616. The molecule has 1 aliphatic heterocycles. The first-order valence-corrected chi connectivity index (χ1v) is 5.62. The molecule has 0 atom stereocenters. The van der Waals surface area contributed by atoms with Crippen molar-refractivity contribution in [2.45, 2.75) is 6.54 Å². The fraction of sp³-hybridized carbons (Fsp3) is 0.400. The monoisotopic (exact) mass is 255 g/mol. The Kier molecular flexibility index (Phi) is 3.65. The third kappa shape index (κ3) is 2.78. The third-order valence-corrected chi connectivity index (χ3v) is 2.87. The van der Waals surface area contributed by atoms with Gasteiger partial charge in [0, 0.05) is 32.9 Å². The summed E-state index contributed by atoms with van der Waals surface area (Å²) in [6, 6.07) is 3.69. The molecule has 0 saturated carbocycles. The second-order valence-electron chi connectivity index (χ2n) is 3.84. The summed E-state index contributed by atoms with van der Waals surface area (Å²) in [4.78, 5) is 8.05. The molecule has 2 rings (SSSR count). The Morgan fingerprint density at radius 3 is 3.00 bits per heavy atom. The molecular formula is C10H14ClN5O. The molecule has 2 heterocycles. The zero-order chi connectivity index (χ0) is 12.3. The van der Waals surface area contributed by atoms with Crippen molar-refractivity contribution in [2.24, 2.45) is 5.10 Å². The average molecular weight is 256 g/mol. The maximum Gasteiger partial charge on any atom is 0.221 e.